The van der Waals surface area contributed by atoms with Crippen LogP contribution in [0.5, 0.6) is 0 Å². The van der Waals surface area contributed by atoms with Crippen molar-refractivity contribution < 1.29 is 4.39 Å². The van der Waals surface area contributed by atoms with Crippen molar-refractivity contribution >= 4 is 0 Å². The SMILES string of the molecule is CNCc1ccc(F)c(CN2CCCC(C(C)C)CC2)c1. The van der Waals surface area contributed by atoms with E-state index in [0.717, 1.165) is 49.1 Å². The van der Waals surface area contributed by atoms with E-state index in [-0.39, 0.29) is 5.82 Å². The predicted molar refractivity (Wildman–Crippen MR) is 86.6 cm³/mol. The number of hydrogen-bond acceptors (Lipinski definition) is 2. The lowest BCUT2D eigenvalue weighted by atomic mass is 9.89. The van der Waals surface area contributed by atoms with Gasteiger partial charge < -0.3 is 5.32 Å². The van der Waals surface area contributed by atoms with Crippen molar-refractivity contribution in [1.82, 2.24) is 10.2 Å². The maximum atomic E-state index is 14.0. The Morgan fingerprint density at radius 2 is 2.10 bits per heavy atom. The minimum absolute atomic E-state index is 0.0699. The van der Waals surface area contributed by atoms with Gasteiger partial charge in [-0.1, -0.05) is 26.0 Å². The highest BCUT2D eigenvalue weighted by molar-refractivity contribution is 5.25. The van der Waals surface area contributed by atoms with E-state index in [0.29, 0.717) is 0 Å². The summed E-state index contributed by atoms with van der Waals surface area (Å²) in [5.41, 5.74) is 1.99. The Morgan fingerprint density at radius 3 is 2.81 bits per heavy atom. The molecule has 1 unspecified atom stereocenters. The first-order valence-electron chi connectivity index (χ1n) is 8.24. The van der Waals surface area contributed by atoms with Crippen molar-refractivity contribution in [1.29, 1.82) is 0 Å². The van der Waals surface area contributed by atoms with Crippen LogP contribution in [0.25, 0.3) is 0 Å². The zero-order valence-corrected chi connectivity index (χ0v) is 13.7. The highest BCUT2D eigenvalue weighted by atomic mass is 19.1. The summed E-state index contributed by atoms with van der Waals surface area (Å²) in [5.74, 6) is 1.52. The van der Waals surface area contributed by atoms with Gasteiger partial charge in [-0.3, -0.25) is 4.90 Å². The second-order valence-electron chi connectivity index (χ2n) is 6.67. The van der Waals surface area contributed by atoms with E-state index in [1.54, 1.807) is 6.07 Å². The van der Waals surface area contributed by atoms with Crippen molar-refractivity contribution in [3.63, 3.8) is 0 Å². The Kier molecular flexibility index (Phi) is 6.19. The van der Waals surface area contributed by atoms with Crippen molar-refractivity contribution in [2.24, 2.45) is 11.8 Å². The van der Waals surface area contributed by atoms with Crippen LogP contribution >= 0.6 is 0 Å². The molecule has 0 amide bonds. The maximum absolute atomic E-state index is 14.0. The van der Waals surface area contributed by atoms with Crippen molar-refractivity contribution in [3.8, 4) is 0 Å². The molecule has 1 saturated heterocycles. The Bertz CT molecular complexity index is 445. The molecule has 0 aromatic heterocycles. The summed E-state index contributed by atoms with van der Waals surface area (Å²) in [4.78, 5) is 2.42. The van der Waals surface area contributed by atoms with Crippen LogP contribution in [0.3, 0.4) is 0 Å². The number of rotatable bonds is 5. The quantitative estimate of drug-likeness (QED) is 0.888. The highest BCUT2D eigenvalue weighted by Crippen LogP contribution is 2.25. The van der Waals surface area contributed by atoms with Gasteiger partial charge in [0, 0.05) is 18.7 Å². The van der Waals surface area contributed by atoms with Gasteiger partial charge in [-0.2, -0.15) is 0 Å². The predicted octanol–water partition coefficient (Wildman–Crippen LogP) is 3.80. The molecule has 2 rings (SSSR count). The molecule has 1 heterocycles. The van der Waals surface area contributed by atoms with Crippen LogP contribution in [-0.4, -0.2) is 25.0 Å². The van der Waals surface area contributed by atoms with Crippen molar-refractivity contribution in [2.45, 2.75) is 46.2 Å². The lowest BCUT2D eigenvalue weighted by Crippen LogP contribution is -2.25. The van der Waals surface area contributed by atoms with Gasteiger partial charge in [0.2, 0.25) is 0 Å². The second-order valence-corrected chi connectivity index (χ2v) is 6.67. The molecule has 0 spiro atoms. The number of likely N-dealkylation sites (tertiary alicyclic amines) is 1. The number of hydrogen-bond donors (Lipinski definition) is 1. The molecule has 118 valence electrons. The summed E-state index contributed by atoms with van der Waals surface area (Å²) in [6, 6.07) is 5.49. The summed E-state index contributed by atoms with van der Waals surface area (Å²) in [6.45, 7) is 8.37. The molecule has 21 heavy (non-hydrogen) atoms. The molecule has 3 heteroatoms. The van der Waals surface area contributed by atoms with Gasteiger partial charge in [0.25, 0.3) is 0 Å². The number of benzene rings is 1. The summed E-state index contributed by atoms with van der Waals surface area (Å²) >= 11 is 0. The molecule has 2 nitrogen and oxygen atoms in total. The lowest BCUT2D eigenvalue weighted by molar-refractivity contribution is 0.261. The topological polar surface area (TPSA) is 15.3 Å². The molecule has 1 N–H and O–H groups in total. The molecule has 0 radical (unpaired) electrons. The Labute approximate surface area is 128 Å². The first kappa shape index (κ1) is 16.4. The van der Waals surface area contributed by atoms with E-state index in [9.17, 15) is 4.39 Å². The molecular weight excluding hydrogens is 263 g/mol. The van der Waals surface area contributed by atoms with Gasteiger partial charge in [0.1, 0.15) is 5.82 Å². The average Bonchev–Trinajstić information content (AvgIpc) is 2.68. The van der Waals surface area contributed by atoms with Gasteiger partial charge in [-0.05, 0) is 62.9 Å². The third kappa shape index (κ3) is 4.79. The van der Waals surface area contributed by atoms with E-state index in [4.69, 9.17) is 0 Å². The first-order valence-corrected chi connectivity index (χ1v) is 8.24. The smallest absolute Gasteiger partial charge is 0.127 e. The second kappa shape index (κ2) is 7.90. The molecule has 0 bridgehead atoms. The first-order chi connectivity index (χ1) is 10.1. The highest BCUT2D eigenvalue weighted by Gasteiger charge is 2.20. The van der Waals surface area contributed by atoms with E-state index < -0.39 is 0 Å². The van der Waals surface area contributed by atoms with Gasteiger partial charge in [-0.15, -0.1) is 0 Å². The maximum Gasteiger partial charge on any atom is 0.127 e. The summed E-state index contributed by atoms with van der Waals surface area (Å²) in [5, 5.41) is 3.13. The normalized spacial score (nSPS) is 20.7. The lowest BCUT2D eigenvalue weighted by Gasteiger charge is -2.22. The van der Waals surface area contributed by atoms with Crippen LogP contribution in [0.2, 0.25) is 0 Å². The minimum Gasteiger partial charge on any atom is -0.316 e. The Hall–Kier alpha value is -0.930. The molecule has 1 aliphatic rings. The standard InChI is InChI=1S/C18H29FN2/c1-14(2)16-5-4-9-21(10-8-16)13-17-11-15(12-20-3)6-7-18(17)19/h6-7,11,14,16,20H,4-5,8-10,12-13H2,1-3H3. The molecule has 1 fully saturated rings. The van der Waals surface area contributed by atoms with E-state index >= 15 is 0 Å². The summed E-state index contributed by atoms with van der Waals surface area (Å²) in [6.07, 6.45) is 3.80. The largest absolute Gasteiger partial charge is 0.316 e. The molecule has 1 aliphatic heterocycles. The number of nitrogens with zero attached hydrogens (tertiary/aromatic N) is 1. The van der Waals surface area contributed by atoms with Crippen LogP contribution < -0.4 is 5.32 Å². The zero-order chi connectivity index (χ0) is 15.2. The summed E-state index contributed by atoms with van der Waals surface area (Å²) < 4.78 is 14.0. The summed E-state index contributed by atoms with van der Waals surface area (Å²) in [7, 11) is 1.92. The fourth-order valence-corrected chi connectivity index (χ4v) is 3.31. The van der Waals surface area contributed by atoms with Gasteiger partial charge in [-0.25, -0.2) is 4.39 Å². The van der Waals surface area contributed by atoms with Crippen molar-refractivity contribution in [3.05, 3.63) is 35.1 Å². The monoisotopic (exact) mass is 292 g/mol. The van der Waals surface area contributed by atoms with Crippen LogP contribution in [0, 0.1) is 17.7 Å². The Morgan fingerprint density at radius 1 is 1.29 bits per heavy atom. The average molecular weight is 292 g/mol. The molecule has 1 aromatic rings. The van der Waals surface area contributed by atoms with E-state index in [1.807, 2.05) is 19.2 Å². The van der Waals surface area contributed by atoms with Crippen LogP contribution in [0.15, 0.2) is 18.2 Å². The molecule has 1 atom stereocenters. The fourth-order valence-electron chi connectivity index (χ4n) is 3.31. The molecule has 0 aliphatic carbocycles. The molecular formula is C18H29FN2. The third-order valence-corrected chi connectivity index (χ3v) is 4.69. The van der Waals surface area contributed by atoms with Gasteiger partial charge in [0.05, 0.1) is 0 Å². The van der Waals surface area contributed by atoms with Gasteiger partial charge >= 0.3 is 0 Å². The van der Waals surface area contributed by atoms with Crippen LogP contribution in [-0.2, 0) is 13.1 Å². The van der Waals surface area contributed by atoms with Crippen molar-refractivity contribution in [2.75, 3.05) is 20.1 Å². The van der Waals surface area contributed by atoms with E-state index in [2.05, 4.69) is 24.1 Å². The minimum atomic E-state index is -0.0699. The van der Waals surface area contributed by atoms with Gasteiger partial charge in [0.15, 0.2) is 0 Å². The van der Waals surface area contributed by atoms with E-state index in [1.165, 1.54) is 19.3 Å². The van der Waals surface area contributed by atoms with Crippen LogP contribution in [0.4, 0.5) is 4.39 Å². The third-order valence-electron chi connectivity index (χ3n) is 4.69. The molecule has 0 saturated carbocycles. The Balaban J connectivity index is 1.99. The number of halogens is 1. The van der Waals surface area contributed by atoms with Crippen LogP contribution in [0.1, 0.15) is 44.2 Å². The fraction of sp³-hybridized carbons (Fsp3) is 0.667. The zero-order valence-electron chi connectivity index (χ0n) is 13.7. The molecule has 1 aromatic carbocycles. The number of nitrogens with one attached hydrogen (secondary N) is 1.